The summed E-state index contributed by atoms with van der Waals surface area (Å²) in [7, 11) is 0. The van der Waals surface area contributed by atoms with Gasteiger partial charge in [0.1, 0.15) is 11.6 Å². The van der Waals surface area contributed by atoms with Crippen molar-refractivity contribution in [1.29, 1.82) is 0 Å². The maximum Gasteiger partial charge on any atom is 0.148 e. The molecule has 1 spiro atoms. The van der Waals surface area contributed by atoms with E-state index in [1.165, 1.54) is 0 Å². The molecule has 2 aromatic rings. The van der Waals surface area contributed by atoms with Crippen LogP contribution in [0.25, 0.3) is 0 Å². The molecule has 0 aliphatic carbocycles. The third kappa shape index (κ3) is 3.06. The Morgan fingerprint density at radius 1 is 1.17 bits per heavy atom. The lowest BCUT2D eigenvalue weighted by Gasteiger charge is -2.24. The van der Waals surface area contributed by atoms with Crippen LogP contribution >= 0.6 is 0 Å². The highest BCUT2D eigenvalue weighted by Crippen LogP contribution is 2.37. The van der Waals surface area contributed by atoms with Gasteiger partial charge in [-0.1, -0.05) is 6.07 Å². The molecule has 2 aliphatic heterocycles. The van der Waals surface area contributed by atoms with Crippen LogP contribution in [0.5, 0.6) is 0 Å². The van der Waals surface area contributed by atoms with Crippen molar-refractivity contribution in [2.75, 3.05) is 29.9 Å². The Morgan fingerprint density at radius 2 is 2.08 bits per heavy atom. The maximum atomic E-state index is 6.21. The number of nitrogens with one attached hydrogen (secondary N) is 1. The van der Waals surface area contributed by atoms with Gasteiger partial charge in [0.25, 0.3) is 0 Å². The second-order valence-electron chi connectivity index (χ2n) is 6.91. The highest BCUT2D eigenvalue weighted by molar-refractivity contribution is 5.42. The summed E-state index contributed by atoms with van der Waals surface area (Å²) >= 11 is 0. The topological polar surface area (TPSA) is 63.2 Å². The summed E-state index contributed by atoms with van der Waals surface area (Å²) in [5.74, 6) is 1.87. The molecule has 2 saturated heterocycles. The maximum absolute atomic E-state index is 6.21. The summed E-state index contributed by atoms with van der Waals surface area (Å²) in [6.45, 7) is 6.58. The summed E-state index contributed by atoms with van der Waals surface area (Å²) in [6.07, 6.45) is 2.03. The number of nitrogens with zero attached hydrogens (tertiary/aromatic N) is 4. The second kappa shape index (κ2) is 6.02. The van der Waals surface area contributed by atoms with Gasteiger partial charge < -0.3 is 15.0 Å². The third-order valence-electron chi connectivity index (χ3n) is 4.87. The minimum atomic E-state index is -0.0682. The summed E-state index contributed by atoms with van der Waals surface area (Å²) in [4.78, 5) is 6.98. The number of ether oxygens (including phenoxy) is 1. The molecule has 2 aliphatic rings. The Bertz CT molecular complexity index is 720. The van der Waals surface area contributed by atoms with Crippen LogP contribution in [0.2, 0.25) is 0 Å². The van der Waals surface area contributed by atoms with Crippen LogP contribution in [0, 0.1) is 13.8 Å². The Morgan fingerprint density at radius 3 is 2.88 bits per heavy atom. The lowest BCUT2D eigenvalue weighted by Crippen LogP contribution is -2.34. The predicted octanol–water partition coefficient (Wildman–Crippen LogP) is 2.34. The highest BCUT2D eigenvalue weighted by atomic mass is 16.5. The minimum absolute atomic E-state index is 0.0682. The smallest absolute Gasteiger partial charge is 0.148 e. The normalized spacial score (nSPS) is 26.2. The van der Waals surface area contributed by atoms with Crippen molar-refractivity contribution in [2.24, 2.45) is 0 Å². The number of anilines is 2. The van der Waals surface area contributed by atoms with Crippen molar-refractivity contribution in [2.45, 2.75) is 38.3 Å². The standard InChI is InChI=1S/C18H23N5O/c1-13-4-3-5-17(19-13)23-9-8-18(12-23)10-15(11-24-18)20-16-7-6-14(2)21-22-16/h3-7,15H,8-12H2,1-2H3,(H,20,22). The van der Waals surface area contributed by atoms with E-state index < -0.39 is 0 Å². The van der Waals surface area contributed by atoms with Crippen molar-refractivity contribution in [3.63, 3.8) is 0 Å². The lowest BCUT2D eigenvalue weighted by atomic mass is 9.97. The number of hydrogen-bond acceptors (Lipinski definition) is 6. The van der Waals surface area contributed by atoms with Gasteiger partial charge in [0.2, 0.25) is 0 Å². The molecule has 2 unspecified atom stereocenters. The van der Waals surface area contributed by atoms with E-state index in [9.17, 15) is 0 Å². The molecule has 4 rings (SSSR count). The van der Waals surface area contributed by atoms with Crippen LogP contribution < -0.4 is 10.2 Å². The average molecular weight is 325 g/mol. The molecular weight excluding hydrogens is 302 g/mol. The minimum Gasteiger partial charge on any atom is -0.371 e. The van der Waals surface area contributed by atoms with Gasteiger partial charge >= 0.3 is 0 Å². The molecule has 0 saturated carbocycles. The van der Waals surface area contributed by atoms with Crippen molar-refractivity contribution in [1.82, 2.24) is 15.2 Å². The largest absolute Gasteiger partial charge is 0.371 e. The van der Waals surface area contributed by atoms with Crippen LogP contribution in [-0.2, 0) is 4.74 Å². The molecule has 0 aromatic carbocycles. The van der Waals surface area contributed by atoms with E-state index in [1.54, 1.807) is 0 Å². The first kappa shape index (κ1) is 15.3. The number of rotatable bonds is 3. The molecule has 6 nitrogen and oxygen atoms in total. The molecule has 0 bridgehead atoms. The Hall–Kier alpha value is -2.21. The van der Waals surface area contributed by atoms with E-state index in [-0.39, 0.29) is 11.6 Å². The Kier molecular flexibility index (Phi) is 3.84. The molecule has 0 radical (unpaired) electrons. The van der Waals surface area contributed by atoms with Crippen molar-refractivity contribution in [3.8, 4) is 0 Å². The quantitative estimate of drug-likeness (QED) is 0.934. The van der Waals surface area contributed by atoms with E-state index in [4.69, 9.17) is 4.74 Å². The van der Waals surface area contributed by atoms with Gasteiger partial charge in [0.15, 0.2) is 0 Å². The molecule has 24 heavy (non-hydrogen) atoms. The zero-order valence-corrected chi connectivity index (χ0v) is 14.2. The molecule has 4 heterocycles. The van der Waals surface area contributed by atoms with Crippen LogP contribution in [0.1, 0.15) is 24.2 Å². The molecule has 2 aromatic heterocycles. The fourth-order valence-electron chi connectivity index (χ4n) is 3.65. The second-order valence-corrected chi connectivity index (χ2v) is 6.91. The van der Waals surface area contributed by atoms with Gasteiger partial charge in [-0.05, 0) is 44.5 Å². The van der Waals surface area contributed by atoms with Crippen molar-refractivity contribution in [3.05, 3.63) is 41.7 Å². The summed E-state index contributed by atoms with van der Waals surface area (Å²) in [6, 6.07) is 10.4. The van der Waals surface area contributed by atoms with Gasteiger partial charge in [-0.15, -0.1) is 5.10 Å². The van der Waals surface area contributed by atoms with Gasteiger partial charge in [0.05, 0.1) is 23.9 Å². The Labute approximate surface area is 142 Å². The molecule has 126 valence electrons. The van der Waals surface area contributed by atoms with Crippen LogP contribution in [-0.4, -0.2) is 46.5 Å². The monoisotopic (exact) mass is 325 g/mol. The van der Waals surface area contributed by atoms with E-state index in [1.807, 2.05) is 32.0 Å². The summed E-state index contributed by atoms with van der Waals surface area (Å²) in [5.41, 5.74) is 1.91. The van der Waals surface area contributed by atoms with Gasteiger partial charge in [0, 0.05) is 25.2 Å². The SMILES string of the molecule is Cc1ccc(NC2COC3(CCN(c4cccc(C)n4)C3)C2)nn1. The molecule has 1 N–H and O–H groups in total. The van der Waals surface area contributed by atoms with Crippen molar-refractivity contribution >= 4 is 11.6 Å². The van der Waals surface area contributed by atoms with E-state index in [2.05, 4.69) is 37.5 Å². The number of aromatic nitrogens is 3. The number of pyridine rings is 1. The molecule has 0 amide bonds. The first-order valence-electron chi connectivity index (χ1n) is 8.51. The van der Waals surface area contributed by atoms with E-state index >= 15 is 0 Å². The van der Waals surface area contributed by atoms with E-state index in [0.29, 0.717) is 6.61 Å². The first-order chi connectivity index (χ1) is 11.6. The molecule has 6 heteroatoms. The molecular formula is C18H23N5O. The van der Waals surface area contributed by atoms with Crippen LogP contribution in [0.15, 0.2) is 30.3 Å². The van der Waals surface area contributed by atoms with Crippen LogP contribution in [0.3, 0.4) is 0 Å². The lowest BCUT2D eigenvalue weighted by molar-refractivity contribution is 0.0228. The molecule has 2 atom stereocenters. The third-order valence-corrected chi connectivity index (χ3v) is 4.87. The van der Waals surface area contributed by atoms with Gasteiger partial charge in [-0.3, -0.25) is 0 Å². The van der Waals surface area contributed by atoms with Gasteiger partial charge in [-0.2, -0.15) is 5.10 Å². The zero-order valence-electron chi connectivity index (χ0n) is 14.2. The highest BCUT2D eigenvalue weighted by Gasteiger charge is 2.46. The fourth-order valence-corrected chi connectivity index (χ4v) is 3.65. The average Bonchev–Trinajstić information content (AvgIpc) is 3.17. The number of aryl methyl sites for hydroxylation is 2. The van der Waals surface area contributed by atoms with E-state index in [0.717, 1.165) is 49.0 Å². The molecule has 2 fully saturated rings. The number of hydrogen-bond donors (Lipinski definition) is 1. The zero-order chi connectivity index (χ0) is 16.6. The summed E-state index contributed by atoms with van der Waals surface area (Å²) in [5, 5.41) is 11.7. The predicted molar refractivity (Wildman–Crippen MR) is 93.3 cm³/mol. The van der Waals surface area contributed by atoms with Crippen molar-refractivity contribution < 1.29 is 4.74 Å². The Balaban J connectivity index is 1.40. The first-order valence-corrected chi connectivity index (χ1v) is 8.51. The van der Waals surface area contributed by atoms with Crippen LogP contribution in [0.4, 0.5) is 11.6 Å². The summed E-state index contributed by atoms with van der Waals surface area (Å²) < 4.78 is 6.21. The fraction of sp³-hybridized carbons (Fsp3) is 0.500. The van der Waals surface area contributed by atoms with Gasteiger partial charge in [-0.25, -0.2) is 4.98 Å².